The molecular weight excluding hydrogens is 396 g/mol. The van der Waals surface area contributed by atoms with Crippen molar-refractivity contribution in [1.82, 2.24) is 10.1 Å². The van der Waals surface area contributed by atoms with Crippen LogP contribution in [-0.2, 0) is 24.0 Å². The van der Waals surface area contributed by atoms with E-state index >= 15 is 0 Å². The molecule has 1 spiro atoms. The number of amides is 1. The van der Waals surface area contributed by atoms with Crippen LogP contribution in [0.1, 0.15) is 48.3 Å². The van der Waals surface area contributed by atoms with Crippen molar-refractivity contribution in [2.75, 3.05) is 26.8 Å². The number of piperidine rings is 1. The van der Waals surface area contributed by atoms with E-state index in [0.29, 0.717) is 49.5 Å². The van der Waals surface area contributed by atoms with Crippen LogP contribution in [0.4, 0.5) is 0 Å². The van der Waals surface area contributed by atoms with Crippen molar-refractivity contribution < 1.29 is 24.0 Å². The summed E-state index contributed by atoms with van der Waals surface area (Å²) in [6.45, 7) is 5.49. The molecule has 0 aromatic heterocycles. The van der Waals surface area contributed by atoms with Crippen LogP contribution in [0.25, 0.3) is 0 Å². The molecule has 0 N–H and O–H groups in total. The molecule has 7 nitrogen and oxygen atoms in total. The Bertz CT molecular complexity index is 792. The lowest BCUT2D eigenvalue weighted by Crippen LogP contribution is -2.56. The lowest BCUT2D eigenvalue weighted by Gasteiger charge is -2.42. The zero-order chi connectivity index (χ0) is 20.8. The van der Waals surface area contributed by atoms with Crippen LogP contribution in [-0.4, -0.2) is 60.5 Å². The highest BCUT2D eigenvalue weighted by molar-refractivity contribution is 6.33. The van der Waals surface area contributed by atoms with Crippen molar-refractivity contribution in [3.05, 3.63) is 33.8 Å². The highest BCUT2D eigenvalue weighted by Crippen LogP contribution is 2.46. The summed E-state index contributed by atoms with van der Waals surface area (Å²) in [5.74, 6) is -1.46. The smallest absolute Gasteiger partial charge is 0.262 e. The maximum absolute atomic E-state index is 13.8. The summed E-state index contributed by atoms with van der Waals surface area (Å²) < 4.78 is 5.59. The van der Waals surface area contributed by atoms with E-state index in [9.17, 15) is 9.59 Å². The lowest BCUT2D eigenvalue weighted by atomic mass is 9.80. The Labute approximate surface area is 175 Å². The average molecular weight is 423 g/mol. The quantitative estimate of drug-likeness (QED) is 0.695. The first kappa shape index (κ1) is 20.8. The second-order valence-electron chi connectivity index (χ2n) is 8.10. The van der Waals surface area contributed by atoms with Crippen molar-refractivity contribution in [1.29, 1.82) is 0 Å². The van der Waals surface area contributed by atoms with Gasteiger partial charge in [0.2, 0.25) is 0 Å². The first-order valence-electron chi connectivity index (χ1n) is 10.1. The number of carbonyl (C=O) groups is 2. The molecule has 1 aromatic carbocycles. The third-order valence-corrected chi connectivity index (χ3v) is 6.56. The fraction of sp³-hybridized carbons (Fsp3) is 0.619. The predicted octanol–water partition coefficient (Wildman–Crippen LogP) is 2.92. The second-order valence-corrected chi connectivity index (χ2v) is 8.51. The van der Waals surface area contributed by atoms with Crippen LogP contribution >= 0.6 is 11.6 Å². The first-order valence-corrected chi connectivity index (χ1v) is 10.5. The topological polar surface area (TPSA) is 68.3 Å². The largest absolute Gasteiger partial charge is 0.350 e. The lowest BCUT2D eigenvalue weighted by molar-refractivity contribution is -0.288. The SMILES string of the molecule is CON1CCC2(CC1)C(=O)C(c1c(C)cc(C)cc1Cl)C(=O)N2OC1CCCO1. The minimum absolute atomic E-state index is 0.148. The van der Waals surface area contributed by atoms with E-state index in [0.717, 1.165) is 17.5 Å². The van der Waals surface area contributed by atoms with Gasteiger partial charge in [-0.15, -0.1) is 0 Å². The van der Waals surface area contributed by atoms with Gasteiger partial charge < -0.3 is 9.57 Å². The molecule has 1 amide bonds. The molecule has 2 unspecified atom stereocenters. The second kappa shape index (κ2) is 7.96. The monoisotopic (exact) mass is 422 g/mol. The van der Waals surface area contributed by atoms with Gasteiger partial charge in [-0.1, -0.05) is 17.7 Å². The molecule has 1 aromatic rings. The Kier molecular flexibility index (Phi) is 5.70. The summed E-state index contributed by atoms with van der Waals surface area (Å²) in [5.41, 5.74) is 1.39. The minimum atomic E-state index is -1.02. The number of halogens is 1. The zero-order valence-electron chi connectivity index (χ0n) is 17.1. The third-order valence-electron chi connectivity index (χ3n) is 6.24. The Morgan fingerprint density at radius 3 is 2.52 bits per heavy atom. The molecule has 3 aliphatic heterocycles. The van der Waals surface area contributed by atoms with E-state index in [4.69, 9.17) is 26.0 Å². The Hall–Kier alpha value is -1.51. The molecule has 4 rings (SSSR count). The Morgan fingerprint density at radius 1 is 1.21 bits per heavy atom. The highest BCUT2D eigenvalue weighted by Gasteiger charge is 2.61. The zero-order valence-corrected chi connectivity index (χ0v) is 17.8. The van der Waals surface area contributed by atoms with Gasteiger partial charge in [-0.3, -0.25) is 9.59 Å². The molecule has 0 radical (unpaired) electrons. The molecule has 2 atom stereocenters. The van der Waals surface area contributed by atoms with Crippen LogP contribution < -0.4 is 0 Å². The van der Waals surface area contributed by atoms with E-state index in [1.807, 2.05) is 19.9 Å². The number of benzene rings is 1. The van der Waals surface area contributed by atoms with Crippen molar-refractivity contribution in [2.24, 2.45) is 0 Å². The van der Waals surface area contributed by atoms with Gasteiger partial charge in [0, 0.05) is 24.5 Å². The van der Waals surface area contributed by atoms with E-state index in [1.54, 1.807) is 18.2 Å². The molecule has 0 saturated carbocycles. The predicted molar refractivity (Wildman–Crippen MR) is 106 cm³/mol. The van der Waals surface area contributed by atoms with Gasteiger partial charge in [0.15, 0.2) is 12.1 Å². The van der Waals surface area contributed by atoms with Gasteiger partial charge in [0.1, 0.15) is 11.5 Å². The van der Waals surface area contributed by atoms with Crippen LogP contribution in [0.2, 0.25) is 5.02 Å². The third kappa shape index (κ3) is 3.49. The van der Waals surface area contributed by atoms with Crippen molar-refractivity contribution in [3.63, 3.8) is 0 Å². The van der Waals surface area contributed by atoms with Crippen LogP contribution in [0.3, 0.4) is 0 Å². The van der Waals surface area contributed by atoms with E-state index in [1.165, 1.54) is 5.06 Å². The Morgan fingerprint density at radius 2 is 1.93 bits per heavy atom. The molecule has 0 aliphatic carbocycles. The van der Waals surface area contributed by atoms with Crippen molar-refractivity contribution in [3.8, 4) is 0 Å². The van der Waals surface area contributed by atoms with Gasteiger partial charge in [0.05, 0.1) is 13.7 Å². The molecule has 3 aliphatic rings. The normalized spacial score (nSPS) is 27.4. The molecule has 3 saturated heterocycles. The van der Waals surface area contributed by atoms with Crippen molar-refractivity contribution >= 4 is 23.3 Å². The van der Waals surface area contributed by atoms with Crippen molar-refractivity contribution in [2.45, 2.75) is 57.3 Å². The van der Waals surface area contributed by atoms with Gasteiger partial charge in [0.25, 0.3) is 5.91 Å². The molecule has 3 heterocycles. The molecule has 0 bridgehead atoms. The summed E-state index contributed by atoms with van der Waals surface area (Å²) in [5, 5.41) is 3.56. The number of rotatable bonds is 4. The summed E-state index contributed by atoms with van der Waals surface area (Å²) >= 11 is 6.52. The number of hydrogen-bond donors (Lipinski definition) is 0. The fourth-order valence-corrected chi connectivity index (χ4v) is 5.18. The fourth-order valence-electron chi connectivity index (χ4n) is 4.75. The number of nitrogens with zero attached hydrogens (tertiary/aromatic N) is 2. The number of hydroxylamine groups is 4. The maximum atomic E-state index is 13.8. The number of ketones is 1. The van der Waals surface area contributed by atoms with Gasteiger partial charge in [-0.25, -0.2) is 9.90 Å². The number of carbonyl (C=O) groups excluding carboxylic acids is 2. The number of aryl methyl sites for hydroxylation is 2. The minimum Gasteiger partial charge on any atom is -0.350 e. The van der Waals surface area contributed by atoms with Gasteiger partial charge in [-0.05, 0) is 55.9 Å². The number of hydrogen-bond acceptors (Lipinski definition) is 6. The van der Waals surface area contributed by atoms with Gasteiger partial charge in [-0.2, -0.15) is 5.06 Å². The molecule has 29 heavy (non-hydrogen) atoms. The van der Waals surface area contributed by atoms with E-state index in [-0.39, 0.29) is 11.7 Å². The molecule has 8 heteroatoms. The highest BCUT2D eigenvalue weighted by atomic mass is 35.5. The molecule has 158 valence electrons. The van der Waals surface area contributed by atoms with Crippen LogP contribution in [0.15, 0.2) is 12.1 Å². The van der Waals surface area contributed by atoms with Crippen LogP contribution in [0.5, 0.6) is 0 Å². The van der Waals surface area contributed by atoms with Crippen LogP contribution in [0, 0.1) is 13.8 Å². The average Bonchev–Trinajstić information content (AvgIpc) is 3.26. The maximum Gasteiger partial charge on any atom is 0.262 e. The summed E-state index contributed by atoms with van der Waals surface area (Å²) in [6, 6.07) is 3.75. The van der Waals surface area contributed by atoms with Gasteiger partial charge >= 0.3 is 0 Å². The van der Waals surface area contributed by atoms with E-state index < -0.39 is 17.7 Å². The number of ether oxygens (including phenoxy) is 1. The number of Topliss-reactive ketones (excluding diaryl/α,β-unsaturated/α-hetero) is 1. The first-order chi connectivity index (χ1) is 13.9. The Balaban J connectivity index is 1.73. The summed E-state index contributed by atoms with van der Waals surface area (Å²) in [4.78, 5) is 38.6. The molecular formula is C21H27ClN2O5. The summed E-state index contributed by atoms with van der Waals surface area (Å²) in [7, 11) is 1.61. The summed E-state index contributed by atoms with van der Waals surface area (Å²) in [6.07, 6.45) is 1.95. The van der Waals surface area contributed by atoms with E-state index in [2.05, 4.69) is 0 Å². The molecule has 3 fully saturated rings. The standard InChI is InChI=1S/C21H27ClN2O5/c1-13-11-14(2)17(15(22)12-13)18-19(25)21(6-8-23(27-3)9-7-21)24(20(18)26)29-16-5-4-10-28-16/h11-12,16,18H,4-10H2,1-3H3.